The van der Waals surface area contributed by atoms with Crippen LogP contribution >= 0.6 is 0 Å². The molecule has 82 valence electrons. The Morgan fingerprint density at radius 3 is 2.53 bits per heavy atom. The normalized spacial score (nSPS) is 17.4. The Labute approximate surface area is 87.0 Å². The molecule has 1 aliphatic heterocycles. The maximum Gasteiger partial charge on any atom is 0.342 e. The van der Waals surface area contributed by atoms with E-state index in [-0.39, 0.29) is 18.0 Å². The first kappa shape index (κ1) is 11.4. The van der Waals surface area contributed by atoms with Crippen molar-refractivity contribution in [1.29, 1.82) is 0 Å². The number of rotatable bonds is 3. The SMILES string of the molecule is COC(=O)C(C)C1=C(C(C)=O)C(=O)OC1. The van der Waals surface area contributed by atoms with Crippen molar-refractivity contribution in [2.75, 3.05) is 13.7 Å². The van der Waals surface area contributed by atoms with Gasteiger partial charge in [0.2, 0.25) is 0 Å². The molecule has 0 aromatic rings. The van der Waals surface area contributed by atoms with Crippen LogP contribution in [0.3, 0.4) is 0 Å². The Kier molecular flexibility index (Phi) is 3.24. The van der Waals surface area contributed by atoms with Crippen molar-refractivity contribution in [3.63, 3.8) is 0 Å². The largest absolute Gasteiger partial charge is 0.469 e. The fourth-order valence-corrected chi connectivity index (χ4v) is 1.45. The highest BCUT2D eigenvalue weighted by Crippen LogP contribution is 2.24. The number of carbonyl (C=O) groups is 3. The molecule has 1 aliphatic rings. The average molecular weight is 212 g/mol. The van der Waals surface area contributed by atoms with Crippen molar-refractivity contribution >= 4 is 17.7 Å². The van der Waals surface area contributed by atoms with E-state index in [0.29, 0.717) is 5.57 Å². The van der Waals surface area contributed by atoms with Gasteiger partial charge in [-0.3, -0.25) is 9.59 Å². The van der Waals surface area contributed by atoms with Gasteiger partial charge in [-0.25, -0.2) is 4.79 Å². The van der Waals surface area contributed by atoms with Gasteiger partial charge in [0.1, 0.15) is 12.2 Å². The van der Waals surface area contributed by atoms with E-state index in [2.05, 4.69) is 4.74 Å². The fourth-order valence-electron chi connectivity index (χ4n) is 1.45. The van der Waals surface area contributed by atoms with Gasteiger partial charge in [0.25, 0.3) is 0 Å². The predicted molar refractivity (Wildman–Crippen MR) is 49.8 cm³/mol. The summed E-state index contributed by atoms with van der Waals surface area (Å²) in [4.78, 5) is 33.6. The quantitative estimate of drug-likeness (QED) is 0.495. The van der Waals surface area contributed by atoms with E-state index in [4.69, 9.17) is 4.74 Å². The minimum Gasteiger partial charge on any atom is -0.469 e. The van der Waals surface area contributed by atoms with E-state index in [1.807, 2.05) is 0 Å². The summed E-state index contributed by atoms with van der Waals surface area (Å²) in [5.74, 6) is -2.15. The van der Waals surface area contributed by atoms with Crippen LogP contribution in [0.5, 0.6) is 0 Å². The molecule has 1 rings (SSSR count). The summed E-state index contributed by atoms with van der Waals surface area (Å²) in [6.45, 7) is 2.84. The Bertz CT molecular complexity index is 353. The van der Waals surface area contributed by atoms with Gasteiger partial charge in [0, 0.05) is 0 Å². The Morgan fingerprint density at radius 2 is 2.07 bits per heavy atom. The van der Waals surface area contributed by atoms with Gasteiger partial charge in [0.15, 0.2) is 5.78 Å². The molecule has 15 heavy (non-hydrogen) atoms. The number of hydrogen-bond acceptors (Lipinski definition) is 5. The van der Waals surface area contributed by atoms with Crippen LogP contribution in [0.2, 0.25) is 0 Å². The Balaban J connectivity index is 3.06. The molecule has 1 atom stereocenters. The molecule has 0 amide bonds. The lowest BCUT2D eigenvalue weighted by molar-refractivity contribution is -0.144. The second kappa shape index (κ2) is 4.25. The zero-order valence-electron chi connectivity index (χ0n) is 8.83. The maximum absolute atomic E-state index is 11.2. The molecule has 5 nitrogen and oxygen atoms in total. The van der Waals surface area contributed by atoms with Crippen LogP contribution in [0.25, 0.3) is 0 Å². The Hall–Kier alpha value is -1.65. The van der Waals surface area contributed by atoms with Crippen molar-refractivity contribution in [3.05, 3.63) is 11.1 Å². The summed E-state index contributed by atoms with van der Waals surface area (Å²) < 4.78 is 9.25. The van der Waals surface area contributed by atoms with E-state index in [0.717, 1.165) is 0 Å². The molecule has 0 spiro atoms. The highest BCUT2D eigenvalue weighted by molar-refractivity contribution is 6.18. The van der Waals surface area contributed by atoms with Gasteiger partial charge < -0.3 is 9.47 Å². The van der Waals surface area contributed by atoms with Crippen molar-refractivity contribution in [2.45, 2.75) is 13.8 Å². The minimum atomic E-state index is -0.659. The number of hydrogen-bond donors (Lipinski definition) is 0. The standard InChI is InChI=1S/C10H12O5/c1-5(9(12)14-3)7-4-15-10(13)8(7)6(2)11/h5H,4H2,1-3H3. The van der Waals surface area contributed by atoms with Gasteiger partial charge in [-0.05, 0) is 19.4 Å². The van der Waals surface area contributed by atoms with Crippen molar-refractivity contribution in [1.82, 2.24) is 0 Å². The Morgan fingerprint density at radius 1 is 1.47 bits per heavy atom. The number of carbonyl (C=O) groups excluding carboxylic acids is 3. The highest BCUT2D eigenvalue weighted by Gasteiger charge is 2.34. The van der Waals surface area contributed by atoms with Crippen molar-refractivity contribution < 1.29 is 23.9 Å². The molecule has 1 unspecified atom stereocenters. The molecule has 1 heterocycles. The maximum atomic E-state index is 11.2. The lowest BCUT2D eigenvalue weighted by atomic mass is 9.96. The van der Waals surface area contributed by atoms with Gasteiger partial charge in [-0.15, -0.1) is 0 Å². The number of Topliss-reactive ketones (excluding diaryl/α,β-unsaturated/α-hetero) is 1. The van der Waals surface area contributed by atoms with Crippen LogP contribution in [0.1, 0.15) is 13.8 Å². The fraction of sp³-hybridized carbons (Fsp3) is 0.500. The van der Waals surface area contributed by atoms with Gasteiger partial charge in [-0.2, -0.15) is 0 Å². The third kappa shape index (κ3) is 2.06. The lowest BCUT2D eigenvalue weighted by Gasteiger charge is -2.09. The van der Waals surface area contributed by atoms with Crippen LogP contribution in [0.15, 0.2) is 11.1 Å². The molecule has 0 saturated carbocycles. The van der Waals surface area contributed by atoms with Gasteiger partial charge >= 0.3 is 11.9 Å². The summed E-state index contributed by atoms with van der Waals surface area (Å²) in [5, 5.41) is 0. The molecule has 0 aromatic heterocycles. The molecule has 0 aromatic carbocycles. The molecular weight excluding hydrogens is 200 g/mol. The van der Waals surface area contributed by atoms with Crippen LogP contribution < -0.4 is 0 Å². The molecule has 0 bridgehead atoms. The number of esters is 2. The molecule has 0 fully saturated rings. The third-order valence-corrected chi connectivity index (χ3v) is 2.31. The lowest BCUT2D eigenvalue weighted by Crippen LogP contribution is -2.18. The molecule has 0 aliphatic carbocycles. The van der Waals surface area contributed by atoms with Crippen LogP contribution in [-0.2, 0) is 23.9 Å². The van der Waals surface area contributed by atoms with Crippen LogP contribution in [-0.4, -0.2) is 31.4 Å². The topological polar surface area (TPSA) is 69.7 Å². The van der Waals surface area contributed by atoms with E-state index in [1.54, 1.807) is 6.92 Å². The summed E-state index contributed by atoms with van der Waals surface area (Å²) in [7, 11) is 1.25. The number of ether oxygens (including phenoxy) is 2. The zero-order valence-corrected chi connectivity index (χ0v) is 8.83. The van der Waals surface area contributed by atoms with Crippen LogP contribution in [0.4, 0.5) is 0 Å². The number of cyclic esters (lactones) is 1. The molecule has 0 saturated heterocycles. The van der Waals surface area contributed by atoms with E-state index in [1.165, 1.54) is 14.0 Å². The van der Waals surface area contributed by atoms with E-state index in [9.17, 15) is 14.4 Å². The first-order valence-electron chi connectivity index (χ1n) is 4.48. The average Bonchev–Trinajstić information content (AvgIpc) is 2.57. The summed E-state index contributed by atoms with van der Waals surface area (Å²) in [5.41, 5.74) is 0.382. The minimum absolute atomic E-state index is 0.00991. The predicted octanol–water partition coefficient (Wildman–Crippen LogP) is 0.238. The zero-order chi connectivity index (χ0) is 11.6. The van der Waals surface area contributed by atoms with Crippen molar-refractivity contribution in [2.24, 2.45) is 5.92 Å². The monoisotopic (exact) mass is 212 g/mol. The first-order valence-corrected chi connectivity index (χ1v) is 4.48. The van der Waals surface area contributed by atoms with Crippen LogP contribution in [0, 0.1) is 5.92 Å². The third-order valence-electron chi connectivity index (χ3n) is 2.31. The summed E-state index contributed by atoms with van der Waals surface area (Å²) in [6, 6.07) is 0. The summed E-state index contributed by atoms with van der Waals surface area (Å²) >= 11 is 0. The molecule has 0 radical (unpaired) electrons. The second-order valence-electron chi connectivity index (χ2n) is 3.28. The number of methoxy groups -OCH3 is 1. The molecule has 0 N–H and O–H groups in total. The van der Waals surface area contributed by atoms with Gasteiger partial charge in [0.05, 0.1) is 13.0 Å². The highest BCUT2D eigenvalue weighted by atomic mass is 16.5. The van der Waals surface area contributed by atoms with E-state index >= 15 is 0 Å². The first-order chi connectivity index (χ1) is 6.99. The summed E-state index contributed by atoms with van der Waals surface area (Å²) in [6.07, 6.45) is 0. The smallest absolute Gasteiger partial charge is 0.342 e. The van der Waals surface area contributed by atoms with Gasteiger partial charge in [-0.1, -0.05) is 0 Å². The number of ketones is 1. The van der Waals surface area contributed by atoms with Crippen molar-refractivity contribution in [3.8, 4) is 0 Å². The molecule has 5 heteroatoms. The molecular formula is C10H12O5. The van der Waals surface area contributed by atoms with E-state index < -0.39 is 17.9 Å². The second-order valence-corrected chi connectivity index (χ2v) is 3.28.